The van der Waals surface area contributed by atoms with Crippen LogP contribution in [0.5, 0.6) is 5.75 Å². The zero-order chi connectivity index (χ0) is 23.6. The predicted molar refractivity (Wildman–Crippen MR) is 135 cm³/mol. The van der Waals surface area contributed by atoms with Crippen molar-refractivity contribution in [2.75, 3.05) is 11.3 Å². The molecule has 0 atom stereocenters. The molecule has 178 valence electrons. The van der Waals surface area contributed by atoms with Crippen LogP contribution in [0.1, 0.15) is 90.7 Å². The van der Waals surface area contributed by atoms with Crippen molar-refractivity contribution in [2.24, 2.45) is 0 Å². The lowest BCUT2D eigenvalue weighted by molar-refractivity contribution is 0.301. The largest absolute Gasteiger partial charge is 0.492 e. The number of hydrogen-bond donors (Lipinski definition) is 1. The lowest BCUT2D eigenvalue weighted by Crippen LogP contribution is -2.20. The Morgan fingerprint density at radius 2 is 1.56 bits per heavy atom. The molecule has 4 nitrogen and oxygen atoms in total. The number of ether oxygens (including phenoxy) is 1. The van der Waals surface area contributed by atoms with Crippen molar-refractivity contribution >= 4 is 15.7 Å². The van der Waals surface area contributed by atoms with Gasteiger partial charge in [-0.3, -0.25) is 4.72 Å². The van der Waals surface area contributed by atoms with Gasteiger partial charge in [-0.1, -0.05) is 84.9 Å². The van der Waals surface area contributed by atoms with Gasteiger partial charge in [-0.15, -0.1) is 0 Å². The van der Waals surface area contributed by atoms with Gasteiger partial charge in [0.2, 0.25) is 0 Å². The van der Waals surface area contributed by atoms with Gasteiger partial charge in [0, 0.05) is 5.69 Å². The minimum atomic E-state index is -3.79. The molecule has 0 radical (unpaired) electrons. The topological polar surface area (TPSA) is 55.4 Å². The number of nitrogens with one attached hydrogen (secondary N) is 1. The van der Waals surface area contributed by atoms with E-state index in [0.29, 0.717) is 18.0 Å². The summed E-state index contributed by atoms with van der Waals surface area (Å²) >= 11 is 0. The molecule has 0 aromatic heterocycles. The lowest BCUT2D eigenvalue weighted by atomic mass is 9.80. The van der Waals surface area contributed by atoms with Crippen molar-refractivity contribution in [3.8, 4) is 5.75 Å². The Morgan fingerprint density at radius 3 is 2.19 bits per heavy atom. The first-order valence-corrected chi connectivity index (χ1v) is 13.6. The zero-order valence-corrected chi connectivity index (χ0v) is 21.4. The van der Waals surface area contributed by atoms with Crippen LogP contribution in [-0.2, 0) is 21.9 Å². The van der Waals surface area contributed by atoms with Gasteiger partial charge in [0.25, 0.3) is 10.0 Å². The molecule has 0 spiro atoms. The molecular weight excluding hydrogens is 418 g/mol. The highest BCUT2D eigenvalue weighted by Crippen LogP contribution is 2.35. The maximum atomic E-state index is 13.4. The third-order valence-corrected chi connectivity index (χ3v) is 7.32. The van der Waals surface area contributed by atoms with Crippen LogP contribution in [0.15, 0.2) is 47.4 Å². The second-order valence-corrected chi connectivity index (χ2v) is 10.9. The summed E-state index contributed by atoms with van der Waals surface area (Å²) in [5.41, 5.74) is 2.69. The van der Waals surface area contributed by atoms with Crippen molar-refractivity contribution in [1.29, 1.82) is 0 Å². The summed E-state index contributed by atoms with van der Waals surface area (Å²) in [6.07, 6.45) is 8.42. The van der Waals surface area contributed by atoms with Crippen molar-refractivity contribution in [1.82, 2.24) is 0 Å². The molecule has 0 unspecified atom stereocenters. The highest BCUT2D eigenvalue weighted by atomic mass is 32.2. The van der Waals surface area contributed by atoms with E-state index in [0.717, 1.165) is 44.1 Å². The Morgan fingerprint density at radius 1 is 0.875 bits per heavy atom. The molecule has 2 rings (SSSR count). The van der Waals surface area contributed by atoms with Crippen LogP contribution >= 0.6 is 0 Å². The summed E-state index contributed by atoms with van der Waals surface area (Å²) in [7, 11) is -3.79. The Balaban J connectivity index is 2.36. The molecule has 0 fully saturated rings. The fourth-order valence-corrected chi connectivity index (χ4v) is 5.01. The van der Waals surface area contributed by atoms with Gasteiger partial charge in [0.05, 0.1) is 6.61 Å². The maximum Gasteiger partial charge on any atom is 0.265 e. The summed E-state index contributed by atoms with van der Waals surface area (Å²) in [6.45, 7) is 11.3. The second-order valence-electron chi connectivity index (χ2n) is 9.26. The van der Waals surface area contributed by atoms with E-state index >= 15 is 0 Å². The van der Waals surface area contributed by atoms with E-state index in [1.165, 1.54) is 18.4 Å². The van der Waals surface area contributed by atoms with Crippen molar-refractivity contribution in [3.05, 3.63) is 53.6 Å². The Kier molecular flexibility index (Phi) is 10.1. The Labute approximate surface area is 195 Å². The molecule has 0 aliphatic rings. The van der Waals surface area contributed by atoms with Gasteiger partial charge in [0.1, 0.15) is 10.6 Å². The molecule has 0 saturated carbocycles. The third kappa shape index (κ3) is 7.54. The number of sulfonamides is 1. The van der Waals surface area contributed by atoms with Gasteiger partial charge < -0.3 is 4.74 Å². The third-order valence-electron chi connectivity index (χ3n) is 5.92. The van der Waals surface area contributed by atoms with Crippen LogP contribution in [0, 0.1) is 0 Å². The van der Waals surface area contributed by atoms with E-state index in [4.69, 9.17) is 4.74 Å². The average molecular weight is 460 g/mol. The van der Waals surface area contributed by atoms with Crippen LogP contribution in [0.3, 0.4) is 0 Å². The molecule has 2 aromatic rings. The van der Waals surface area contributed by atoms with E-state index < -0.39 is 10.0 Å². The summed E-state index contributed by atoms with van der Waals surface area (Å²) in [5.74, 6) is 0.418. The number of benzene rings is 2. The quantitative estimate of drug-likeness (QED) is 0.298. The van der Waals surface area contributed by atoms with Crippen LogP contribution in [0.4, 0.5) is 5.69 Å². The molecule has 0 amide bonds. The first-order chi connectivity index (χ1) is 15.2. The highest BCUT2D eigenvalue weighted by molar-refractivity contribution is 7.92. The lowest BCUT2D eigenvalue weighted by Gasteiger charge is -2.26. The summed E-state index contributed by atoms with van der Waals surface area (Å²) < 4.78 is 35.5. The number of anilines is 1. The van der Waals surface area contributed by atoms with E-state index in [2.05, 4.69) is 39.3 Å². The average Bonchev–Trinajstić information content (AvgIpc) is 2.75. The molecule has 2 aromatic carbocycles. The van der Waals surface area contributed by atoms with Crippen molar-refractivity contribution in [3.63, 3.8) is 0 Å². The van der Waals surface area contributed by atoms with E-state index in [1.54, 1.807) is 6.07 Å². The van der Waals surface area contributed by atoms with Gasteiger partial charge >= 0.3 is 0 Å². The molecule has 0 aliphatic heterocycles. The first-order valence-electron chi connectivity index (χ1n) is 12.1. The maximum absolute atomic E-state index is 13.4. The predicted octanol–water partition coefficient (Wildman–Crippen LogP) is 7.48. The van der Waals surface area contributed by atoms with Gasteiger partial charge in [-0.2, -0.15) is 0 Å². The van der Waals surface area contributed by atoms with Gasteiger partial charge in [0.15, 0.2) is 0 Å². The molecular formula is C27H41NO3S. The monoisotopic (exact) mass is 459 g/mol. The molecule has 32 heavy (non-hydrogen) atoms. The van der Waals surface area contributed by atoms with Gasteiger partial charge in [-0.05, 0) is 60.1 Å². The van der Waals surface area contributed by atoms with Crippen LogP contribution in [-0.4, -0.2) is 15.0 Å². The number of hydrogen-bond acceptors (Lipinski definition) is 3. The molecule has 0 heterocycles. The zero-order valence-electron chi connectivity index (χ0n) is 20.5. The second kappa shape index (κ2) is 12.3. The van der Waals surface area contributed by atoms with Crippen LogP contribution in [0.25, 0.3) is 0 Å². The van der Waals surface area contributed by atoms with Gasteiger partial charge in [-0.25, -0.2) is 8.42 Å². The highest BCUT2D eigenvalue weighted by Gasteiger charge is 2.26. The Hall–Kier alpha value is -2.01. The fourth-order valence-electron chi connectivity index (χ4n) is 3.78. The van der Waals surface area contributed by atoms with Crippen LogP contribution < -0.4 is 9.46 Å². The molecule has 0 bridgehead atoms. The van der Waals surface area contributed by atoms with Crippen LogP contribution in [0.2, 0.25) is 0 Å². The standard InChI is InChI=1S/C27H41NO3S/c1-6-9-11-19-27(4,5)23-15-18-25(31-20-10-7-2)26(21-23)32(29,30)28-24-16-13-22(12-8-3)14-17-24/h13-18,21,28H,6-12,19-20H2,1-5H3. The van der Waals surface area contributed by atoms with E-state index in [1.807, 2.05) is 36.4 Å². The number of rotatable bonds is 14. The van der Waals surface area contributed by atoms with E-state index in [9.17, 15) is 8.42 Å². The first kappa shape index (κ1) is 26.2. The van der Waals surface area contributed by atoms with Crippen molar-refractivity contribution < 1.29 is 13.2 Å². The molecule has 5 heteroatoms. The minimum absolute atomic E-state index is 0.108. The molecule has 0 saturated heterocycles. The SMILES string of the molecule is CCCCCC(C)(C)c1ccc(OCCCC)c(S(=O)(=O)Nc2ccc(CCC)cc2)c1. The van der Waals surface area contributed by atoms with Crippen molar-refractivity contribution in [2.45, 2.75) is 96.3 Å². The fraction of sp³-hybridized carbons (Fsp3) is 0.556. The normalized spacial score (nSPS) is 12.0. The number of aryl methyl sites for hydroxylation is 1. The smallest absolute Gasteiger partial charge is 0.265 e. The summed E-state index contributed by atoms with van der Waals surface area (Å²) in [6, 6.07) is 13.3. The Bertz CT molecular complexity index is 934. The summed E-state index contributed by atoms with van der Waals surface area (Å²) in [5, 5.41) is 0. The minimum Gasteiger partial charge on any atom is -0.492 e. The van der Waals surface area contributed by atoms with E-state index in [-0.39, 0.29) is 10.3 Å². The molecule has 1 N–H and O–H groups in total. The summed E-state index contributed by atoms with van der Waals surface area (Å²) in [4.78, 5) is 0.215. The molecule has 0 aliphatic carbocycles. The number of unbranched alkanes of at least 4 members (excludes halogenated alkanes) is 3.